The summed E-state index contributed by atoms with van der Waals surface area (Å²) in [6.45, 7) is 4.30. The molecule has 5 aliphatic heterocycles. The maximum atomic E-state index is 13.7. The monoisotopic (exact) mass is 609 g/mol. The normalized spacial score (nSPS) is 32.0. The summed E-state index contributed by atoms with van der Waals surface area (Å²) in [6.07, 6.45) is 4.52. The third-order valence-corrected chi connectivity index (χ3v) is 10.3. The van der Waals surface area contributed by atoms with Crippen LogP contribution in [0.1, 0.15) is 61.9 Å². The minimum absolute atomic E-state index is 0.0108. The van der Waals surface area contributed by atoms with Crippen LogP contribution in [0.3, 0.4) is 0 Å². The van der Waals surface area contributed by atoms with Gasteiger partial charge in [-0.25, -0.2) is 14.8 Å². The van der Waals surface area contributed by atoms with Crippen LogP contribution in [0.25, 0.3) is 0 Å². The maximum absolute atomic E-state index is 13.7. The van der Waals surface area contributed by atoms with Gasteiger partial charge in [-0.1, -0.05) is 38.8 Å². The Hall–Kier alpha value is -4.11. The second-order valence-electron chi connectivity index (χ2n) is 13.3. The van der Waals surface area contributed by atoms with E-state index in [0.717, 1.165) is 42.6 Å². The molecule has 2 unspecified atom stereocenters. The molecule has 3 fully saturated rings. The number of amides is 4. The number of imide groups is 1. The number of benzene rings is 1. The molecule has 4 atom stereocenters. The Labute approximate surface area is 254 Å². The summed E-state index contributed by atoms with van der Waals surface area (Å²) in [4.78, 5) is 53.2. The van der Waals surface area contributed by atoms with Crippen LogP contribution in [-0.2, 0) is 10.2 Å². The predicted molar refractivity (Wildman–Crippen MR) is 157 cm³/mol. The van der Waals surface area contributed by atoms with Crippen molar-refractivity contribution in [1.29, 1.82) is 0 Å². The average molecular weight is 610 g/mol. The molecular formula is C29H39N9O6. The van der Waals surface area contributed by atoms with E-state index in [1.54, 1.807) is 17.0 Å². The first-order valence-electron chi connectivity index (χ1n) is 15.2. The van der Waals surface area contributed by atoms with Gasteiger partial charge in [0.15, 0.2) is 17.6 Å². The molecule has 5 heterocycles. The third kappa shape index (κ3) is 3.98. The number of guanidine groups is 2. The Bertz CT molecular complexity index is 1490. The summed E-state index contributed by atoms with van der Waals surface area (Å²) in [5.74, 6) is -3.27. The van der Waals surface area contributed by atoms with Crippen LogP contribution >= 0.6 is 0 Å². The van der Waals surface area contributed by atoms with Gasteiger partial charge in [-0.05, 0) is 30.7 Å². The number of hydrogen-bond donors (Lipinski definition) is 6. The highest BCUT2D eigenvalue weighted by Gasteiger charge is 2.73. The number of carbonyl (C=O) groups is 3. The van der Waals surface area contributed by atoms with Gasteiger partial charge in [0.2, 0.25) is 11.7 Å². The van der Waals surface area contributed by atoms with Crippen molar-refractivity contribution < 1.29 is 29.3 Å². The fraction of sp³-hybridized carbons (Fsp3) is 0.621. The van der Waals surface area contributed by atoms with Gasteiger partial charge in [-0.2, -0.15) is 0 Å². The van der Waals surface area contributed by atoms with Crippen molar-refractivity contribution in [2.24, 2.45) is 21.5 Å². The Morgan fingerprint density at radius 3 is 2.68 bits per heavy atom. The number of rotatable bonds is 5. The van der Waals surface area contributed by atoms with Crippen molar-refractivity contribution >= 4 is 29.8 Å². The van der Waals surface area contributed by atoms with E-state index in [2.05, 4.69) is 34.5 Å². The fourth-order valence-corrected chi connectivity index (χ4v) is 7.85. The molecule has 236 valence electrons. The SMILES string of the molecule is CC1(C)CCOc2c(C(=O)N[C@H]3CN4C(N)=N[C@@H](CN5C(=O)CN(C6CCCC6)C5=O)C5N=C(N)NC54C3(O)O)cccc21. The van der Waals surface area contributed by atoms with Gasteiger partial charge < -0.3 is 46.9 Å². The summed E-state index contributed by atoms with van der Waals surface area (Å²) in [5.41, 5.74) is 11.7. The number of ether oxygens (including phenoxy) is 1. The number of aliphatic imine (C=N–C) groups is 2. The van der Waals surface area contributed by atoms with Gasteiger partial charge in [-0.3, -0.25) is 14.5 Å². The molecule has 4 amide bonds. The van der Waals surface area contributed by atoms with Crippen LogP contribution in [0.15, 0.2) is 28.2 Å². The third-order valence-electron chi connectivity index (χ3n) is 10.3. The first-order valence-corrected chi connectivity index (χ1v) is 15.2. The number of nitrogens with zero attached hydrogens (tertiary/aromatic N) is 5. The quantitative estimate of drug-likeness (QED) is 0.172. The van der Waals surface area contributed by atoms with Crippen LogP contribution < -0.4 is 26.8 Å². The van der Waals surface area contributed by atoms with E-state index in [1.165, 1.54) is 4.90 Å². The van der Waals surface area contributed by atoms with E-state index in [4.69, 9.17) is 16.2 Å². The molecule has 15 nitrogen and oxygen atoms in total. The number of para-hydroxylation sites is 1. The van der Waals surface area contributed by atoms with E-state index in [0.29, 0.717) is 12.4 Å². The number of carbonyl (C=O) groups excluding carboxylic acids is 3. The van der Waals surface area contributed by atoms with Crippen molar-refractivity contribution in [3.05, 3.63) is 29.3 Å². The van der Waals surface area contributed by atoms with Gasteiger partial charge in [-0.15, -0.1) is 0 Å². The van der Waals surface area contributed by atoms with E-state index in [1.807, 2.05) is 6.07 Å². The zero-order chi connectivity index (χ0) is 31.2. The van der Waals surface area contributed by atoms with Crippen molar-refractivity contribution in [3.8, 4) is 5.75 Å². The minimum atomic E-state index is -2.67. The van der Waals surface area contributed by atoms with Gasteiger partial charge in [0.25, 0.3) is 5.91 Å². The largest absolute Gasteiger partial charge is 0.492 e. The van der Waals surface area contributed by atoms with Crippen molar-refractivity contribution in [1.82, 2.24) is 25.3 Å². The molecule has 2 saturated heterocycles. The highest BCUT2D eigenvalue weighted by molar-refractivity contribution is 6.02. The van der Waals surface area contributed by atoms with Crippen molar-refractivity contribution in [3.63, 3.8) is 0 Å². The van der Waals surface area contributed by atoms with Crippen LogP contribution in [0.5, 0.6) is 5.75 Å². The molecule has 6 aliphatic rings. The molecule has 0 radical (unpaired) electrons. The topological polar surface area (TPSA) is 211 Å². The summed E-state index contributed by atoms with van der Waals surface area (Å²) < 4.78 is 5.91. The second kappa shape index (κ2) is 9.69. The smallest absolute Gasteiger partial charge is 0.327 e. The first kappa shape index (κ1) is 28.6. The van der Waals surface area contributed by atoms with Crippen LogP contribution in [0.4, 0.5) is 4.79 Å². The molecule has 1 saturated carbocycles. The van der Waals surface area contributed by atoms with E-state index < -0.39 is 41.5 Å². The molecule has 0 aromatic heterocycles. The second-order valence-corrected chi connectivity index (χ2v) is 13.3. The van der Waals surface area contributed by atoms with Gasteiger partial charge in [0.1, 0.15) is 24.4 Å². The lowest BCUT2D eigenvalue weighted by Crippen LogP contribution is -2.78. The maximum Gasteiger partial charge on any atom is 0.327 e. The number of nitrogens with one attached hydrogen (secondary N) is 2. The van der Waals surface area contributed by atoms with Crippen molar-refractivity contribution in [2.45, 2.75) is 87.0 Å². The average Bonchev–Trinajstić information content (AvgIpc) is 3.72. The fourth-order valence-electron chi connectivity index (χ4n) is 7.85. The highest BCUT2D eigenvalue weighted by Crippen LogP contribution is 2.46. The number of hydrogen-bond acceptors (Lipinski definition) is 12. The van der Waals surface area contributed by atoms with Crippen LogP contribution in [0, 0.1) is 0 Å². The molecule has 1 aromatic carbocycles. The molecule has 8 N–H and O–H groups in total. The molecule has 15 heteroatoms. The molecule has 7 rings (SSSR count). The summed E-state index contributed by atoms with van der Waals surface area (Å²) in [6, 6.07) is 1.71. The zero-order valence-electron chi connectivity index (χ0n) is 24.8. The van der Waals surface area contributed by atoms with Crippen LogP contribution in [0.2, 0.25) is 0 Å². The Balaban J connectivity index is 1.16. The van der Waals surface area contributed by atoms with E-state index >= 15 is 0 Å². The molecule has 1 aromatic rings. The molecule has 1 spiro atoms. The summed E-state index contributed by atoms with van der Waals surface area (Å²) in [7, 11) is 0. The Kier molecular flexibility index (Phi) is 6.31. The standard InChI is InChI=1S/C29H39N9O6/c1-27(2)10-11-44-21-16(8-5-9-17(21)27)23(40)33-19-13-38-25(31)32-18(22-28(38,29(19,42)43)35-24(30)34-22)12-37-20(39)14-36(26(37)41)15-6-3-4-7-15/h5,8-9,15,18-19,22,42-43H,3-4,6-7,10-14H2,1-2H3,(H2,31,32)(H,33,40)(H3,30,34,35)/t18-,19-,22?,28?/m0/s1. The zero-order valence-corrected chi connectivity index (χ0v) is 24.8. The predicted octanol–water partition coefficient (Wildman–Crippen LogP) is -1.27. The Morgan fingerprint density at radius 2 is 1.93 bits per heavy atom. The van der Waals surface area contributed by atoms with Gasteiger partial charge in [0.05, 0.1) is 24.8 Å². The van der Waals surface area contributed by atoms with Crippen LogP contribution in [-0.4, -0.2) is 117 Å². The minimum Gasteiger partial charge on any atom is -0.492 e. The van der Waals surface area contributed by atoms with Crippen molar-refractivity contribution in [2.75, 3.05) is 26.2 Å². The Morgan fingerprint density at radius 1 is 1.18 bits per heavy atom. The lowest BCUT2D eigenvalue weighted by Gasteiger charge is -2.49. The molecule has 44 heavy (non-hydrogen) atoms. The molecule has 1 aliphatic carbocycles. The first-order chi connectivity index (χ1) is 20.8. The number of nitrogens with two attached hydrogens (primary N) is 2. The van der Waals surface area contributed by atoms with Gasteiger partial charge >= 0.3 is 6.03 Å². The molecular weight excluding hydrogens is 570 g/mol. The lowest BCUT2D eigenvalue weighted by molar-refractivity contribution is -0.230. The highest BCUT2D eigenvalue weighted by atomic mass is 16.5. The summed E-state index contributed by atoms with van der Waals surface area (Å²) >= 11 is 0. The van der Waals surface area contributed by atoms with E-state index in [9.17, 15) is 24.6 Å². The van der Waals surface area contributed by atoms with Gasteiger partial charge in [0, 0.05) is 18.2 Å². The number of aliphatic hydroxyl groups is 2. The number of urea groups is 1. The summed E-state index contributed by atoms with van der Waals surface area (Å²) in [5, 5.41) is 29.4. The number of fused-ring (bicyclic) bond motifs is 1. The molecule has 0 bridgehead atoms. The lowest BCUT2D eigenvalue weighted by atomic mass is 9.79. The van der Waals surface area contributed by atoms with E-state index in [-0.39, 0.29) is 54.5 Å².